The molecule has 0 aliphatic carbocycles. The van der Waals surface area contributed by atoms with Crippen LogP contribution in [0, 0.1) is 0 Å². The zero-order valence-electron chi connectivity index (χ0n) is 13.8. The molecular weight excluding hydrogens is 296 g/mol. The summed E-state index contributed by atoms with van der Waals surface area (Å²) in [7, 11) is -3.21. The lowest BCUT2D eigenvalue weighted by Gasteiger charge is -2.42. The molecule has 0 bridgehead atoms. The van der Waals surface area contributed by atoms with E-state index in [2.05, 4.69) is 86.9 Å². The Morgan fingerprint density at radius 2 is 0.864 bits per heavy atom. The number of fused-ring (bicyclic) bond motifs is 3. The van der Waals surface area contributed by atoms with Crippen molar-refractivity contribution in [2.75, 3.05) is 0 Å². The zero-order valence-corrected chi connectivity index (χ0v) is 15.8. The molecule has 0 unspecified atom stereocenters. The van der Waals surface area contributed by atoms with Crippen molar-refractivity contribution >= 4 is 47.7 Å². The van der Waals surface area contributed by atoms with Gasteiger partial charge in [0.25, 0.3) is 0 Å². The Hall–Kier alpha value is -1.65. The summed E-state index contributed by atoms with van der Waals surface area (Å²) in [4.78, 5) is 0. The first-order valence-corrected chi connectivity index (χ1v) is 14.1. The predicted octanol–water partition coefficient (Wildman–Crippen LogP) is 2.80. The molecule has 2 heteroatoms. The summed E-state index contributed by atoms with van der Waals surface area (Å²) >= 11 is 0. The fourth-order valence-corrected chi connectivity index (χ4v) is 13.5. The third-order valence-electron chi connectivity index (χ3n) is 5.51. The van der Waals surface area contributed by atoms with Crippen LogP contribution in [0.2, 0.25) is 26.2 Å². The first-order chi connectivity index (χ1) is 10.4. The summed E-state index contributed by atoms with van der Waals surface area (Å²) < 4.78 is 0. The van der Waals surface area contributed by atoms with Crippen molar-refractivity contribution in [1.29, 1.82) is 0 Å². The van der Waals surface area contributed by atoms with Crippen LogP contribution >= 0.6 is 0 Å². The second kappa shape index (κ2) is 4.43. The standard InChI is InChI=1S/C20H22Si2/c1-21(2)17-11-7-8-12-18(17)22(3,4)20-14-16-10-6-5-9-15(16)13-19(20)21/h5-14H,1-4H3. The topological polar surface area (TPSA) is 0 Å². The Bertz CT molecular complexity index is 818. The second-order valence-corrected chi connectivity index (χ2v) is 16.2. The van der Waals surface area contributed by atoms with Crippen LogP contribution in [0.5, 0.6) is 0 Å². The van der Waals surface area contributed by atoms with Crippen LogP contribution in [0.15, 0.2) is 60.7 Å². The van der Waals surface area contributed by atoms with E-state index in [-0.39, 0.29) is 0 Å². The van der Waals surface area contributed by atoms with Crippen molar-refractivity contribution in [1.82, 2.24) is 0 Å². The molecule has 110 valence electrons. The molecule has 0 fully saturated rings. The lowest BCUT2D eigenvalue weighted by Crippen LogP contribution is -2.77. The SMILES string of the molecule is C[Si]1(C)c2ccccc2[Si](C)(C)c2cc3ccccc3cc21. The average Bonchev–Trinajstić information content (AvgIpc) is 2.52. The van der Waals surface area contributed by atoms with Crippen LogP contribution in [-0.2, 0) is 0 Å². The van der Waals surface area contributed by atoms with Crippen LogP contribution in [0.4, 0.5) is 0 Å². The Morgan fingerprint density at radius 3 is 1.27 bits per heavy atom. The van der Waals surface area contributed by atoms with Crippen LogP contribution in [0.25, 0.3) is 10.8 Å². The van der Waals surface area contributed by atoms with Gasteiger partial charge < -0.3 is 0 Å². The normalized spacial score (nSPS) is 17.8. The van der Waals surface area contributed by atoms with Crippen molar-refractivity contribution in [3.05, 3.63) is 60.7 Å². The molecule has 0 nitrogen and oxygen atoms in total. The molecule has 0 amide bonds. The minimum Gasteiger partial charge on any atom is -0.0627 e. The van der Waals surface area contributed by atoms with E-state index in [9.17, 15) is 0 Å². The molecule has 0 saturated heterocycles. The molecule has 22 heavy (non-hydrogen) atoms. The molecule has 3 aromatic rings. The molecule has 0 spiro atoms. The summed E-state index contributed by atoms with van der Waals surface area (Å²) in [6.07, 6.45) is 0. The molecule has 3 aromatic carbocycles. The van der Waals surface area contributed by atoms with Gasteiger partial charge in [-0.3, -0.25) is 0 Å². The maximum absolute atomic E-state index is 2.52. The highest BCUT2D eigenvalue weighted by Crippen LogP contribution is 2.19. The van der Waals surface area contributed by atoms with E-state index in [4.69, 9.17) is 0 Å². The summed E-state index contributed by atoms with van der Waals surface area (Å²) in [6, 6.07) is 23.1. The summed E-state index contributed by atoms with van der Waals surface area (Å²) in [5, 5.41) is 9.45. The fourth-order valence-electron chi connectivity index (χ4n) is 4.14. The van der Waals surface area contributed by atoms with Crippen molar-refractivity contribution in [2.24, 2.45) is 0 Å². The van der Waals surface area contributed by atoms with Gasteiger partial charge in [-0.05, 0) is 10.8 Å². The van der Waals surface area contributed by atoms with Crippen molar-refractivity contribution < 1.29 is 0 Å². The molecule has 0 radical (unpaired) electrons. The first-order valence-electron chi connectivity index (χ1n) is 8.06. The van der Waals surface area contributed by atoms with E-state index in [0.29, 0.717) is 0 Å². The smallest absolute Gasteiger partial charge is 0.0627 e. The molecule has 1 aliphatic heterocycles. The number of benzene rings is 3. The van der Waals surface area contributed by atoms with Crippen molar-refractivity contribution in [2.45, 2.75) is 26.2 Å². The van der Waals surface area contributed by atoms with Gasteiger partial charge in [0.05, 0.1) is 0 Å². The van der Waals surface area contributed by atoms with E-state index in [1.807, 2.05) is 0 Å². The van der Waals surface area contributed by atoms with E-state index < -0.39 is 16.1 Å². The van der Waals surface area contributed by atoms with Gasteiger partial charge in [0.1, 0.15) is 16.1 Å². The molecular formula is C20H22Si2. The molecule has 1 aliphatic rings. The van der Waals surface area contributed by atoms with Gasteiger partial charge in [-0.25, -0.2) is 0 Å². The van der Waals surface area contributed by atoms with Crippen LogP contribution < -0.4 is 20.7 Å². The quantitative estimate of drug-likeness (QED) is 0.559. The third-order valence-corrected chi connectivity index (χ3v) is 13.1. The highest BCUT2D eigenvalue weighted by molar-refractivity contribution is 7.16. The molecule has 0 saturated carbocycles. The molecule has 0 N–H and O–H groups in total. The Balaban J connectivity index is 2.14. The van der Waals surface area contributed by atoms with Crippen LogP contribution in [-0.4, -0.2) is 16.1 Å². The highest BCUT2D eigenvalue weighted by Gasteiger charge is 2.43. The fraction of sp³-hybridized carbons (Fsp3) is 0.200. The van der Waals surface area contributed by atoms with Gasteiger partial charge in [-0.15, -0.1) is 0 Å². The Morgan fingerprint density at radius 1 is 0.500 bits per heavy atom. The van der Waals surface area contributed by atoms with Gasteiger partial charge in [0.2, 0.25) is 0 Å². The molecule has 4 rings (SSSR count). The van der Waals surface area contributed by atoms with Crippen molar-refractivity contribution in [3.63, 3.8) is 0 Å². The Kier molecular flexibility index (Phi) is 2.82. The number of hydrogen-bond donors (Lipinski definition) is 0. The Labute approximate surface area is 134 Å². The predicted molar refractivity (Wildman–Crippen MR) is 104 cm³/mol. The highest BCUT2D eigenvalue weighted by atomic mass is 28.3. The van der Waals surface area contributed by atoms with Gasteiger partial charge in [-0.1, -0.05) is 108 Å². The van der Waals surface area contributed by atoms with Gasteiger partial charge in [0, 0.05) is 0 Å². The van der Waals surface area contributed by atoms with E-state index in [1.165, 1.54) is 10.8 Å². The summed E-state index contributed by atoms with van der Waals surface area (Å²) in [5.74, 6) is 0. The maximum atomic E-state index is 2.52. The van der Waals surface area contributed by atoms with Crippen LogP contribution in [0.1, 0.15) is 0 Å². The van der Waals surface area contributed by atoms with E-state index in [1.54, 1.807) is 20.7 Å². The minimum absolute atomic E-state index is 1.39. The second-order valence-electron chi connectivity index (χ2n) is 7.54. The van der Waals surface area contributed by atoms with Gasteiger partial charge in [0.15, 0.2) is 0 Å². The maximum Gasteiger partial charge on any atom is 0.111 e. The van der Waals surface area contributed by atoms with Crippen molar-refractivity contribution in [3.8, 4) is 0 Å². The lowest BCUT2D eigenvalue weighted by molar-refractivity contribution is 1.65. The van der Waals surface area contributed by atoms with E-state index in [0.717, 1.165) is 0 Å². The number of hydrogen-bond acceptors (Lipinski definition) is 0. The largest absolute Gasteiger partial charge is 0.111 e. The summed E-state index contributed by atoms with van der Waals surface area (Å²) in [6.45, 7) is 10.1. The number of rotatable bonds is 0. The monoisotopic (exact) mass is 318 g/mol. The van der Waals surface area contributed by atoms with E-state index >= 15 is 0 Å². The minimum atomic E-state index is -1.60. The molecule has 1 heterocycles. The van der Waals surface area contributed by atoms with Gasteiger partial charge in [-0.2, -0.15) is 0 Å². The van der Waals surface area contributed by atoms with Crippen LogP contribution in [0.3, 0.4) is 0 Å². The summed E-state index contributed by atoms with van der Waals surface area (Å²) in [5.41, 5.74) is 0. The van der Waals surface area contributed by atoms with Gasteiger partial charge >= 0.3 is 0 Å². The first kappa shape index (κ1) is 14.0. The average molecular weight is 319 g/mol. The molecule has 0 atom stereocenters. The molecule has 0 aromatic heterocycles. The zero-order chi connectivity index (χ0) is 15.5. The lowest BCUT2D eigenvalue weighted by atomic mass is 10.1. The third kappa shape index (κ3) is 1.74.